The molecule has 0 bridgehead atoms. The molecule has 1 fully saturated rings. The number of hydrogen-bond acceptors (Lipinski definition) is 3. The standard InChI is InChI=1S/C13H23N3S/c1-4-7-10-15-11(12(14)16(10)5-2)13(17-3)8-6-9-13/h4-9,14H2,1-3H3. The molecule has 0 unspecified atom stereocenters. The van der Waals surface area contributed by atoms with E-state index in [4.69, 9.17) is 10.7 Å². The van der Waals surface area contributed by atoms with Gasteiger partial charge in [0.25, 0.3) is 0 Å². The van der Waals surface area contributed by atoms with Gasteiger partial charge in [0.2, 0.25) is 0 Å². The van der Waals surface area contributed by atoms with E-state index in [9.17, 15) is 0 Å². The van der Waals surface area contributed by atoms with Crippen molar-refractivity contribution in [3.05, 3.63) is 11.5 Å². The van der Waals surface area contributed by atoms with Crippen molar-refractivity contribution in [3.63, 3.8) is 0 Å². The highest BCUT2D eigenvalue weighted by molar-refractivity contribution is 7.99. The quantitative estimate of drug-likeness (QED) is 0.876. The molecule has 0 spiro atoms. The molecule has 0 aliphatic heterocycles. The van der Waals surface area contributed by atoms with Gasteiger partial charge >= 0.3 is 0 Å². The van der Waals surface area contributed by atoms with Crippen LogP contribution in [0.25, 0.3) is 0 Å². The zero-order chi connectivity index (χ0) is 12.5. The Kier molecular flexibility index (Phi) is 3.71. The highest BCUT2D eigenvalue weighted by Gasteiger charge is 2.42. The lowest BCUT2D eigenvalue weighted by molar-refractivity contribution is 0.367. The van der Waals surface area contributed by atoms with Crippen molar-refractivity contribution in [1.29, 1.82) is 0 Å². The third-order valence-corrected chi connectivity index (χ3v) is 5.24. The molecule has 96 valence electrons. The smallest absolute Gasteiger partial charge is 0.128 e. The van der Waals surface area contributed by atoms with E-state index in [1.54, 1.807) is 0 Å². The number of anilines is 1. The summed E-state index contributed by atoms with van der Waals surface area (Å²) < 4.78 is 2.40. The number of rotatable bonds is 5. The van der Waals surface area contributed by atoms with Crippen molar-refractivity contribution in [3.8, 4) is 0 Å². The molecule has 2 N–H and O–H groups in total. The van der Waals surface area contributed by atoms with Gasteiger partial charge in [-0.2, -0.15) is 11.8 Å². The summed E-state index contributed by atoms with van der Waals surface area (Å²) in [6.07, 6.45) is 8.10. The van der Waals surface area contributed by atoms with Crippen molar-refractivity contribution in [1.82, 2.24) is 9.55 Å². The van der Waals surface area contributed by atoms with Crippen LogP contribution in [0.15, 0.2) is 0 Å². The fourth-order valence-corrected chi connectivity index (χ4v) is 3.69. The Morgan fingerprint density at radius 1 is 1.41 bits per heavy atom. The lowest BCUT2D eigenvalue weighted by atomic mass is 9.81. The number of thioether (sulfide) groups is 1. The minimum atomic E-state index is 0.215. The predicted molar refractivity (Wildman–Crippen MR) is 75.4 cm³/mol. The maximum Gasteiger partial charge on any atom is 0.128 e. The van der Waals surface area contributed by atoms with Crippen LogP contribution in [0.2, 0.25) is 0 Å². The largest absolute Gasteiger partial charge is 0.383 e. The lowest BCUT2D eigenvalue weighted by Gasteiger charge is -2.39. The molecule has 2 rings (SSSR count). The lowest BCUT2D eigenvalue weighted by Crippen LogP contribution is -2.31. The van der Waals surface area contributed by atoms with E-state index < -0.39 is 0 Å². The maximum atomic E-state index is 6.30. The summed E-state index contributed by atoms with van der Waals surface area (Å²) in [6.45, 7) is 5.27. The molecule has 0 aromatic carbocycles. The second-order valence-corrected chi connectivity index (χ2v) is 6.00. The van der Waals surface area contributed by atoms with Crippen molar-refractivity contribution in [2.75, 3.05) is 12.0 Å². The van der Waals surface area contributed by atoms with Gasteiger partial charge < -0.3 is 10.3 Å². The van der Waals surface area contributed by atoms with Crippen molar-refractivity contribution in [2.24, 2.45) is 0 Å². The molecular weight excluding hydrogens is 230 g/mol. The summed E-state index contributed by atoms with van der Waals surface area (Å²) in [5.41, 5.74) is 7.46. The third-order valence-electron chi connectivity index (χ3n) is 3.86. The van der Waals surface area contributed by atoms with E-state index in [0.717, 1.165) is 30.9 Å². The normalized spacial score (nSPS) is 18.1. The van der Waals surface area contributed by atoms with E-state index >= 15 is 0 Å². The average Bonchev–Trinajstić information content (AvgIpc) is 2.56. The number of aryl methyl sites for hydroxylation is 1. The van der Waals surface area contributed by atoms with Gasteiger partial charge in [0.05, 0.1) is 10.4 Å². The Bertz CT molecular complexity index is 388. The summed E-state index contributed by atoms with van der Waals surface area (Å²) in [4.78, 5) is 4.85. The fraction of sp³-hybridized carbons (Fsp3) is 0.769. The van der Waals surface area contributed by atoms with Crippen LogP contribution in [0.5, 0.6) is 0 Å². The minimum Gasteiger partial charge on any atom is -0.383 e. The fourth-order valence-electron chi connectivity index (χ4n) is 2.65. The zero-order valence-corrected chi connectivity index (χ0v) is 11.9. The van der Waals surface area contributed by atoms with Gasteiger partial charge in [0.1, 0.15) is 11.6 Å². The number of hydrogen-bond donors (Lipinski definition) is 1. The zero-order valence-electron chi connectivity index (χ0n) is 11.1. The van der Waals surface area contributed by atoms with Crippen LogP contribution < -0.4 is 5.73 Å². The van der Waals surface area contributed by atoms with Gasteiger partial charge in [-0.1, -0.05) is 6.92 Å². The molecule has 1 aromatic heterocycles. The minimum absolute atomic E-state index is 0.215. The van der Waals surface area contributed by atoms with Crippen LogP contribution in [0, 0.1) is 0 Å². The topological polar surface area (TPSA) is 43.8 Å². The summed E-state index contributed by atoms with van der Waals surface area (Å²) >= 11 is 1.92. The first kappa shape index (κ1) is 12.8. The van der Waals surface area contributed by atoms with Gasteiger partial charge in [-0.3, -0.25) is 0 Å². The molecule has 1 aromatic rings. The molecule has 0 radical (unpaired) electrons. The Balaban J connectivity index is 2.40. The first-order valence-electron chi connectivity index (χ1n) is 6.59. The average molecular weight is 253 g/mol. The van der Waals surface area contributed by atoms with Gasteiger partial charge in [-0.05, 0) is 38.9 Å². The molecule has 4 heteroatoms. The summed E-state index contributed by atoms with van der Waals surface area (Å²) in [5, 5.41) is 0. The van der Waals surface area contributed by atoms with Crippen LogP contribution in [0.1, 0.15) is 51.0 Å². The molecule has 1 aliphatic carbocycles. The van der Waals surface area contributed by atoms with E-state index in [-0.39, 0.29) is 4.75 Å². The number of nitrogen functional groups attached to an aromatic ring is 1. The Hall–Kier alpha value is -0.640. The molecule has 0 saturated heterocycles. The molecule has 1 aliphatic rings. The van der Waals surface area contributed by atoms with Crippen molar-refractivity contribution < 1.29 is 0 Å². The third kappa shape index (κ3) is 1.96. The first-order valence-corrected chi connectivity index (χ1v) is 7.81. The monoisotopic (exact) mass is 253 g/mol. The number of nitrogens with two attached hydrogens (primary N) is 1. The van der Waals surface area contributed by atoms with Crippen LogP contribution in [-0.2, 0) is 17.7 Å². The highest BCUT2D eigenvalue weighted by atomic mass is 32.2. The predicted octanol–water partition coefficient (Wildman–Crippen LogP) is 3.18. The Labute approximate surface area is 108 Å². The summed E-state index contributed by atoms with van der Waals surface area (Å²) in [7, 11) is 0. The van der Waals surface area contributed by atoms with Crippen LogP contribution in [-0.4, -0.2) is 15.8 Å². The van der Waals surface area contributed by atoms with Gasteiger partial charge in [0, 0.05) is 13.0 Å². The van der Waals surface area contributed by atoms with E-state index in [1.165, 1.54) is 25.1 Å². The first-order chi connectivity index (χ1) is 8.18. The molecule has 1 saturated carbocycles. The molecular formula is C13H23N3S. The van der Waals surface area contributed by atoms with Gasteiger partial charge in [0.15, 0.2) is 0 Å². The molecule has 3 nitrogen and oxygen atoms in total. The van der Waals surface area contributed by atoms with Crippen molar-refractivity contribution in [2.45, 2.75) is 57.2 Å². The Morgan fingerprint density at radius 3 is 2.53 bits per heavy atom. The van der Waals surface area contributed by atoms with Crippen LogP contribution >= 0.6 is 11.8 Å². The van der Waals surface area contributed by atoms with E-state index in [0.29, 0.717) is 0 Å². The van der Waals surface area contributed by atoms with E-state index in [2.05, 4.69) is 24.7 Å². The maximum absolute atomic E-state index is 6.30. The summed E-state index contributed by atoms with van der Waals surface area (Å²) in [6, 6.07) is 0. The summed E-state index contributed by atoms with van der Waals surface area (Å²) in [5.74, 6) is 2.08. The molecule has 17 heavy (non-hydrogen) atoms. The molecule has 1 heterocycles. The van der Waals surface area contributed by atoms with Gasteiger partial charge in [-0.15, -0.1) is 0 Å². The molecule has 0 atom stereocenters. The second kappa shape index (κ2) is 4.92. The highest BCUT2D eigenvalue weighted by Crippen LogP contribution is 2.52. The Morgan fingerprint density at radius 2 is 2.12 bits per heavy atom. The van der Waals surface area contributed by atoms with Crippen LogP contribution in [0.3, 0.4) is 0 Å². The van der Waals surface area contributed by atoms with E-state index in [1.807, 2.05) is 11.8 Å². The number of aromatic nitrogens is 2. The van der Waals surface area contributed by atoms with Crippen LogP contribution in [0.4, 0.5) is 5.82 Å². The molecule has 0 amide bonds. The SMILES string of the molecule is CCCc1nc(C2(SC)CCC2)c(N)n1CC. The number of imidazole rings is 1. The second-order valence-electron chi connectivity index (χ2n) is 4.81. The number of nitrogens with zero attached hydrogens (tertiary/aromatic N) is 2. The van der Waals surface area contributed by atoms with Gasteiger partial charge in [-0.25, -0.2) is 4.98 Å². The van der Waals surface area contributed by atoms with Crippen molar-refractivity contribution >= 4 is 17.6 Å².